The SMILES string of the molecule is Cc1cc(C(=O)N2CCCC2)ccc1NC(=O)c1snnc1C(C)C. The minimum Gasteiger partial charge on any atom is -0.339 e. The number of aryl methyl sites for hydroxylation is 1. The molecule has 1 fully saturated rings. The smallest absolute Gasteiger partial charge is 0.269 e. The lowest BCUT2D eigenvalue weighted by atomic mass is 10.1. The molecule has 1 saturated heterocycles. The van der Waals surface area contributed by atoms with Crippen LogP contribution in [0, 0.1) is 6.92 Å². The van der Waals surface area contributed by atoms with Gasteiger partial charge in [0.05, 0.1) is 5.69 Å². The molecular weight excluding hydrogens is 336 g/mol. The summed E-state index contributed by atoms with van der Waals surface area (Å²) in [5.41, 5.74) is 2.94. The van der Waals surface area contributed by atoms with Gasteiger partial charge in [-0.05, 0) is 61.0 Å². The van der Waals surface area contributed by atoms with Gasteiger partial charge in [-0.15, -0.1) is 5.10 Å². The van der Waals surface area contributed by atoms with Gasteiger partial charge in [0.25, 0.3) is 11.8 Å². The largest absolute Gasteiger partial charge is 0.339 e. The summed E-state index contributed by atoms with van der Waals surface area (Å²) >= 11 is 1.10. The van der Waals surface area contributed by atoms with Gasteiger partial charge in [0.15, 0.2) is 0 Å². The molecule has 0 bridgehead atoms. The molecule has 3 rings (SSSR count). The van der Waals surface area contributed by atoms with Crippen molar-refractivity contribution in [1.82, 2.24) is 14.5 Å². The van der Waals surface area contributed by atoms with Crippen molar-refractivity contribution in [3.05, 3.63) is 39.9 Å². The van der Waals surface area contributed by atoms with E-state index in [0.29, 0.717) is 21.8 Å². The van der Waals surface area contributed by atoms with Gasteiger partial charge in [-0.1, -0.05) is 18.3 Å². The number of carbonyl (C=O) groups excluding carboxylic acids is 2. The van der Waals surface area contributed by atoms with E-state index in [1.54, 1.807) is 12.1 Å². The van der Waals surface area contributed by atoms with Gasteiger partial charge in [0, 0.05) is 24.3 Å². The minimum absolute atomic E-state index is 0.0622. The predicted octanol–water partition coefficient (Wildman–Crippen LogP) is 3.46. The van der Waals surface area contributed by atoms with Crippen molar-refractivity contribution < 1.29 is 9.59 Å². The molecule has 25 heavy (non-hydrogen) atoms. The molecule has 2 heterocycles. The van der Waals surface area contributed by atoms with Gasteiger partial charge in [-0.3, -0.25) is 9.59 Å². The molecule has 0 radical (unpaired) electrons. The second-order valence-corrected chi connectivity index (χ2v) is 7.38. The van der Waals surface area contributed by atoms with Gasteiger partial charge >= 0.3 is 0 Å². The molecule has 132 valence electrons. The number of anilines is 1. The standard InChI is InChI=1S/C18H22N4O2S/c1-11(2)15-16(25-21-20-15)17(23)19-14-7-6-13(10-12(14)3)18(24)22-8-4-5-9-22/h6-7,10-11H,4-5,8-9H2,1-3H3,(H,19,23). The van der Waals surface area contributed by atoms with E-state index in [4.69, 9.17) is 0 Å². The van der Waals surface area contributed by atoms with Crippen molar-refractivity contribution in [2.24, 2.45) is 0 Å². The molecule has 1 aromatic carbocycles. The van der Waals surface area contributed by atoms with Crippen LogP contribution in [0.2, 0.25) is 0 Å². The van der Waals surface area contributed by atoms with Gasteiger partial charge in [-0.2, -0.15) is 0 Å². The normalized spacial score (nSPS) is 14.2. The van der Waals surface area contributed by atoms with Crippen LogP contribution in [0.3, 0.4) is 0 Å². The van der Waals surface area contributed by atoms with Crippen LogP contribution in [-0.2, 0) is 0 Å². The Balaban J connectivity index is 1.76. The molecular formula is C18H22N4O2S. The number of rotatable bonds is 4. The molecule has 7 heteroatoms. The van der Waals surface area contributed by atoms with E-state index in [9.17, 15) is 9.59 Å². The Hall–Kier alpha value is -2.28. The molecule has 6 nitrogen and oxygen atoms in total. The molecule has 1 N–H and O–H groups in total. The van der Waals surface area contributed by atoms with Gasteiger partial charge in [0.2, 0.25) is 0 Å². The summed E-state index contributed by atoms with van der Waals surface area (Å²) in [6.45, 7) is 7.51. The number of nitrogens with one attached hydrogen (secondary N) is 1. The van der Waals surface area contributed by atoms with E-state index in [1.165, 1.54) is 0 Å². The molecule has 0 saturated carbocycles. The zero-order valence-electron chi connectivity index (χ0n) is 14.7. The number of benzene rings is 1. The lowest BCUT2D eigenvalue weighted by Crippen LogP contribution is -2.27. The van der Waals surface area contributed by atoms with Crippen LogP contribution in [0.25, 0.3) is 0 Å². The molecule has 1 aromatic heterocycles. The van der Waals surface area contributed by atoms with Crippen LogP contribution < -0.4 is 5.32 Å². The molecule has 1 aliphatic rings. The first-order valence-electron chi connectivity index (χ1n) is 8.51. The third-order valence-corrected chi connectivity index (χ3v) is 5.12. The molecule has 0 spiro atoms. The Morgan fingerprint density at radius 3 is 2.60 bits per heavy atom. The molecule has 0 atom stereocenters. The number of hydrogen-bond acceptors (Lipinski definition) is 5. The number of amides is 2. The number of likely N-dealkylation sites (tertiary alicyclic amines) is 1. The van der Waals surface area contributed by atoms with Crippen LogP contribution in [0.1, 0.15) is 63.9 Å². The highest BCUT2D eigenvalue weighted by molar-refractivity contribution is 7.08. The fourth-order valence-electron chi connectivity index (χ4n) is 2.95. The van der Waals surface area contributed by atoms with Crippen molar-refractivity contribution in [2.45, 2.75) is 39.5 Å². The second-order valence-electron chi connectivity index (χ2n) is 6.63. The van der Waals surface area contributed by atoms with E-state index in [1.807, 2.05) is 31.7 Å². The number of carbonyl (C=O) groups is 2. The summed E-state index contributed by atoms with van der Waals surface area (Å²) < 4.78 is 3.89. The topological polar surface area (TPSA) is 75.2 Å². The van der Waals surface area contributed by atoms with Gasteiger partial charge < -0.3 is 10.2 Å². The second kappa shape index (κ2) is 7.31. The van der Waals surface area contributed by atoms with Crippen molar-refractivity contribution in [1.29, 1.82) is 0 Å². The van der Waals surface area contributed by atoms with Crippen molar-refractivity contribution >= 4 is 29.0 Å². The average Bonchev–Trinajstić information content (AvgIpc) is 3.27. The van der Waals surface area contributed by atoms with Crippen molar-refractivity contribution in [3.63, 3.8) is 0 Å². The fourth-order valence-corrected chi connectivity index (χ4v) is 3.67. The maximum Gasteiger partial charge on any atom is 0.269 e. The third-order valence-electron chi connectivity index (χ3n) is 4.38. The Labute approximate surface area is 151 Å². The van der Waals surface area contributed by atoms with Crippen molar-refractivity contribution in [3.8, 4) is 0 Å². The Kier molecular flexibility index (Phi) is 5.13. The van der Waals surface area contributed by atoms with Crippen LogP contribution in [0.15, 0.2) is 18.2 Å². The first kappa shape index (κ1) is 17.5. The lowest BCUT2D eigenvalue weighted by Gasteiger charge is -2.16. The van der Waals surface area contributed by atoms with Gasteiger partial charge in [-0.25, -0.2) is 0 Å². The number of nitrogens with zero attached hydrogens (tertiary/aromatic N) is 3. The Bertz CT molecular complexity index is 794. The van der Waals surface area contributed by atoms with E-state index in [0.717, 1.165) is 43.0 Å². The highest BCUT2D eigenvalue weighted by Gasteiger charge is 2.21. The quantitative estimate of drug-likeness (QED) is 0.908. The van der Waals surface area contributed by atoms with Crippen LogP contribution in [-0.4, -0.2) is 39.4 Å². The average molecular weight is 358 g/mol. The molecule has 2 amide bonds. The number of hydrogen-bond donors (Lipinski definition) is 1. The maximum absolute atomic E-state index is 12.5. The summed E-state index contributed by atoms with van der Waals surface area (Å²) in [5.74, 6) is -0.00583. The lowest BCUT2D eigenvalue weighted by molar-refractivity contribution is 0.0792. The highest BCUT2D eigenvalue weighted by atomic mass is 32.1. The summed E-state index contributed by atoms with van der Waals surface area (Å²) in [6.07, 6.45) is 2.14. The Morgan fingerprint density at radius 2 is 1.96 bits per heavy atom. The molecule has 2 aromatic rings. The highest BCUT2D eigenvalue weighted by Crippen LogP contribution is 2.23. The first-order chi connectivity index (χ1) is 12.0. The maximum atomic E-state index is 12.5. The molecule has 1 aliphatic heterocycles. The van der Waals surface area contributed by atoms with E-state index < -0.39 is 0 Å². The predicted molar refractivity (Wildman–Crippen MR) is 98.3 cm³/mol. The monoisotopic (exact) mass is 358 g/mol. The van der Waals surface area contributed by atoms with Crippen molar-refractivity contribution in [2.75, 3.05) is 18.4 Å². The minimum atomic E-state index is -0.208. The molecule has 0 unspecified atom stereocenters. The summed E-state index contributed by atoms with van der Waals surface area (Å²) in [7, 11) is 0. The first-order valence-corrected chi connectivity index (χ1v) is 9.28. The summed E-state index contributed by atoms with van der Waals surface area (Å²) in [6, 6.07) is 5.40. The fraction of sp³-hybridized carbons (Fsp3) is 0.444. The third kappa shape index (κ3) is 3.71. The van der Waals surface area contributed by atoms with E-state index >= 15 is 0 Å². The van der Waals surface area contributed by atoms with Crippen LogP contribution in [0.4, 0.5) is 5.69 Å². The van der Waals surface area contributed by atoms with Crippen LogP contribution in [0.5, 0.6) is 0 Å². The van der Waals surface area contributed by atoms with E-state index in [-0.39, 0.29) is 17.7 Å². The zero-order valence-corrected chi connectivity index (χ0v) is 15.5. The zero-order chi connectivity index (χ0) is 18.0. The molecule has 0 aliphatic carbocycles. The van der Waals surface area contributed by atoms with E-state index in [2.05, 4.69) is 14.9 Å². The Morgan fingerprint density at radius 1 is 1.24 bits per heavy atom. The van der Waals surface area contributed by atoms with Crippen LogP contribution >= 0.6 is 11.5 Å². The summed E-state index contributed by atoms with van der Waals surface area (Å²) in [5, 5.41) is 6.95. The summed E-state index contributed by atoms with van der Waals surface area (Å²) in [4.78, 5) is 27.4. The van der Waals surface area contributed by atoms with Gasteiger partial charge in [0.1, 0.15) is 4.88 Å². The number of aromatic nitrogens is 2.